The van der Waals surface area contributed by atoms with E-state index in [2.05, 4.69) is 32.7 Å². The molecule has 0 bridgehead atoms. The van der Waals surface area contributed by atoms with E-state index in [1.807, 2.05) is 44.2 Å². The zero-order valence-corrected chi connectivity index (χ0v) is 21.7. The Morgan fingerprint density at radius 2 is 1.72 bits per heavy atom. The molecule has 8 nitrogen and oxygen atoms in total. The van der Waals surface area contributed by atoms with Crippen molar-refractivity contribution in [3.8, 4) is 0 Å². The average Bonchev–Trinajstić information content (AvgIpc) is 2.87. The lowest BCUT2D eigenvalue weighted by Gasteiger charge is -2.33. The van der Waals surface area contributed by atoms with Gasteiger partial charge in [-0.3, -0.25) is 9.69 Å². The van der Waals surface area contributed by atoms with E-state index in [9.17, 15) is 9.59 Å². The molecule has 0 spiro atoms. The van der Waals surface area contributed by atoms with E-state index in [1.165, 1.54) is 0 Å². The number of ether oxygens (including phenoxy) is 1. The summed E-state index contributed by atoms with van der Waals surface area (Å²) in [5.74, 6) is 0.581. The number of morpholine rings is 1. The van der Waals surface area contributed by atoms with Crippen molar-refractivity contribution in [3.05, 3.63) is 53.1 Å². The van der Waals surface area contributed by atoms with Crippen LogP contribution in [0.25, 0.3) is 0 Å². The highest BCUT2D eigenvalue weighted by Crippen LogP contribution is 2.29. The first-order chi connectivity index (χ1) is 17.4. The van der Waals surface area contributed by atoms with E-state index in [0.29, 0.717) is 23.7 Å². The Morgan fingerprint density at radius 1 is 0.972 bits per heavy atom. The van der Waals surface area contributed by atoms with Crippen LogP contribution in [0.4, 0.5) is 21.9 Å². The van der Waals surface area contributed by atoms with Crippen LogP contribution in [0.15, 0.2) is 36.4 Å². The van der Waals surface area contributed by atoms with E-state index < -0.39 is 0 Å². The molecule has 36 heavy (non-hydrogen) atoms. The molecule has 2 fully saturated rings. The minimum atomic E-state index is -0.333. The van der Waals surface area contributed by atoms with Crippen molar-refractivity contribution >= 4 is 29.0 Å². The van der Waals surface area contributed by atoms with Crippen LogP contribution >= 0.6 is 0 Å². The molecule has 0 aliphatic carbocycles. The van der Waals surface area contributed by atoms with Crippen LogP contribution in [-0.2, 0) is 4.74 Å². The van der Waals surface area contributed by atoms with Gasteiger partial charge in [0, 0.05) is 56.3 Å². The van der Waals surface area contributed by atoms with Crippen LogP contribution in [0.2, 0.25) is 0 Å². The summed E-state index contributed by atoms with van der Waals surface area (Å²) in [7, 11) is 0. The van der Waals surface area contributed by atoms with Crippen LogP contribution in [0.5, 0.6) is 0 Å². The molecule has 2 aliphatic rings. The molecule has 3 amide bonds. The molecule has 2 aliphatic heterocycles. The molecule has 2 aromatic rings. The Morgan fingerprint density at radius 3 is 2.44 bits per heavy atom. The van der Waals surface area contributed by atoms with Crippen LogP contribution in [0.3, 0.4) is 0 Å². The first kappa shape index (κ1) is 26.0. The topological polar surface area (TPSA) is 85.9 Å². The maximum Gasteiger partial charge on any atom is 0.323 e. The van der Waals surface area contributed by atoms with Gasteiger partial charge < -0.3 is 25.6 Å². The van der Waals surface area contributed by atoms with Crippen molar-refractivity contribution in [2.75, 3.05) is 68.0 Å². The molecule has 2 saturated heterocycles. The molecule has 4 rings (SSSR count). The number of hydrogen-bond donors (Lipinski definition) is 3. The fourth-order valence-electron chi connectivity index (χ4n) is 4.81. The first-order valence-electron chi connectivity index (χ1n) is 13.0. The molecule has 0 atom stereocenters. The molecule has 0 saturated carbocycles. The monoisotopic (exact) mass is 493 g/mol. The van der Waals surface area contributed by atoms with Gasteiger partial charge in [0.2, 0.25) is 0 Å². The predicted octanol–water partition coefficient (Wildman–Crippen LogP) is 4.25. The van der Waals surface area contributed by atoms with Crippen molar-refractivity contribution in [1.29, 1.82) is 0 Å². The fourth-order valence-corrected chi connectivity index (χ4v) is 4.81. The number of carbonyl (C=O) groups is 2. The number of piperidine rings is 1. The summed E-state index contributed by atoms with van der Waals surface area (Å²) < 4.78 is 5.41. The summed E-state index contributed by atoms with van der Waals surface area (Å²) in [6.07, 6.45) is 2.22. The molecular weight excluding hydrogens is 454 g/mol. The number of nitrogens with one attached hydrogen (secondary N) is 3. The molecule has 0 radical (unpaired) electrons. The lowest BCUT2D eigenvalue weighted by atomic mass is 9.98. The van der Waals surface area contributed by atoms with Crippen molar-refractivity contribution in [1.82, 2.24) is 10.2 Å². The summed E-state index contributed by atoms with van der Waals surface area (Å²) in [6.45, 7) is 12.7. The molecule has 2 aromatic carbocycles. The van der Waals surface area contributed by atoms with Gasteiger partial charge in [0.05, 0.1) is 18.8 Å². The van der Waals surface area contributed by atoms with Gasteiger partial charge in [-0.25, -0.2) is 4.79 Å². The van der Waals surface area contributed by atoms with Crippen molar-refractivity contribution in [2.45, 2.75) is 33.6 Å². The average molecular weight is 494 g/mol. The maximum absolute atomic E-state index is 13.3. The van der Waals surface area contributed by atoms with Gasteiger partial charge in [0.25, 0.3) is 5.91 Å². The Bertz CT molecular complexity index is 1060. The summed E-state index contributed by atoms with van der Waals surface area (Å²) in [6, 6.07) is 11.2. The quantitative estimate of drug-likeness (QED) is 0.537. The zero-order valence-electron chi connectivity index (χ0n) is 21.7. The molecule has 2 heterocycles. The second-order valence-electron chi connectivity index (χ2n) is 10.0. The summed E-state index contributed by atoms with van der Waals surface area (Å²) >= 11 is 0. The minimum Gasteiger partial charge on any atom is -0.379 e. The summed E-state index contributed by atoms with van der Waals surface area (Å²) in [5.41, 5.74) is 5.01. The molecule has 3 N–H and O–H groups in total. The molecule has 194 valence electrons. The van der Waals surface area contributed by atoms with Crippen LogP contribution in [0.1, 0.15) is 41.3 Å². The third-order valence-electron chi connectivity index (χ3n) is 7.07. The first-order valence-corrected chi connectivity index (χ1v) is 13.0. The number of hydrogen-bond acceptors (Lipinski definition) is 5. The van der Waals surface area contributed by atoms with Crippen LogP contribution in [0, 0.1) is 19.8 Å². The lowest BCUT2D eigenvalue weighted by molar-refractivity contribution is 0.0383. The van der Waals surface area contributed by atoms with Crippen LogP contribution < -0.4 is 20.9 Å². The Labute approximate surface area is 214 Å². The van der Waals surface area contributed by atoms with E-state index in [0.717, 1.165) is 81.3 Å². The number of carbonyl (C=O) groups excluding carboxylic acids is 2. The van der Waals surface area contributed by atoms with Crippen molar-refractivity contribution in [2.24, 2.45) is 5.92 Å². The number of urea groups is 1. The molecular formula is C28H39N5O3. The Balaban J connectivity index is 1.46. The Hall–Kier alpha value is -3.10. The highest BCUT2D eigenvalue weighted by Gasteiger charge is 2.22. The lowest BCUT2D eigenvalue weighted by Crippen LogP contribution is -2.41. The number of anilines is 3. The van der Waals surface area contributed by atoms with Crippen LogP contribution in [-0.4, -0.2) is 69.3 Å². The van der Waals surface area contributed by atoms with E-state index in [1.54, 1.807) is 6.07 Å². The van der Waals surface area contributed by atoms with E-state index in [4.69, 9.17) is 4.74 Å². The second kappa shape index (κ2) is 12.2. The number of benzene rings is 2. The highest BCUT2D eigenvalue weighted by molar-refractivity contribution is 6.04. The van der Waals surface area contributed by atoms with Gasteiger partial charge in [-0.2, -0.15) is 0 Å². The van der Waals surface area contributed by atoms with Gasteiger partial charge in [0.15, 0.2) is 0 Å². The van der Waals surface area contributed by atoms with Gasteiger partial charge in [-0.05, 0) is 62.4 Å². The van der Waals surface area contributed by atoms with Gasteiger partial charge in [0.1, 0.15) is 0 Å². The molecule has 0 aromatic heterocycles. The SMILES string of the molecule is Cc1ccc(NC(=O)Nc2ccc(N3CCC(C)CC3)c(C(=O)NCCN3CCOCC3)c2)c(C)c1. The number of aryl methyl sites for hydroxylation is 2. The smallest absolute Gasteiger partial charge is 0.323 e. The van der Waals surface area contributed by atoms with Gasteiger partial charge in [-0.1, -0.05) is 24.6 Å². The zero-order chi connectivity index (χ0) is 25.5. The van der Waals surface area contributed by atoms with Gasteiger partial charge in [-0.15, -0.1) is 0 Å². The largest absolute Gasteiger partial charge is 0.379 e. The molecule has 8 heteroatoms. The number of amides is 3. The third-order valence-corrected chi connectivity index (χ3v) is 7.07. The fraction of sp³-hybridized carbons (Fsp3) is 0.500. The predicted molar refractivity (Wildman–Crippen MR) is 145 cm³/mol. The van der Waals surface area contributed by atoms with Crippen molar-refractivity contribution < 1.29 is 14.3 Å². The van der Waals surface area contributed by atoms with E-state index in [-0.39, 0.29) is 11.9 Å². The maximum atomic E-state index is 13.3. The minimum absolute atomic E-state index is 0.115. The Kier molecular flexibility index (Phi) is 8.83. The van der Waals surface area contributed by atoms with Crippen molar-refractivity contribution in [3.63, 3.8) is 0 Å². The summed E-state index contributed by atoms with van der Waals surface area (Å²) in [4.78, 5) is 30.6. The van der Waals surface area contributed by atoms with E-state index >= 15 is 0 Å². The summed E-state index contributed by atoms with van der Waals surface area (Å²) in [5, 5.41) is 8.90. The third kappa shape index (κ3) is 6.98. The number of nitrogens with zero attached hydrogens (tertiary/aromatic N) is 2. The second-order valence-corrected chi connectivity index (χ2v) is 10.0. The van der Waals surface area contributed by atoms with Gasteiger partial charge >= 0.3 is 6.03 Å². The molecule has 0 unspecified atom stereocenters. The normalized spacial score (nSPS) is 17.0. The number of rotatable bonds is 7. The standard InChI is InChI=1S/C28H39N5O3/c1-20-8-11-33(12-9-20)26-7-5-23(30-28(35)31-25-6-4-21(2)18-22(25)3)19-24(26)27(34)29-10-13-32-14-16-36-17-15-32/h4-7,18-20H,8-17H2,1-3H3,(H,29,34)(H2,30,31,35). The highest BCUT2D eigenvalue weighted by atomic mass is 16.5.